The topological polar surface area (TPSA) is 35.5 Å². The number of hydrogen-bond donors (Lipinski definition) is 0. The van der Waals surface area contributed by atoms with Crippen LogP contribution in [0.25, 0.3) is 0 Å². The summed E-state index contributed by atoms with van der Waals surface area (Å²) in [5, 5.41) is 0.0119. The Hall–Kier alpha value is -1.29. The van der Waals surface area contributed by atoms with E-state index in [2.05, 4.69) is 33.9 Å². The van der Waals surface area contributed by atoms with Crippen molar-refractivity contribution in [2.45, 2.75) is 65.3 Å². The van der Waals surface area contributed by atoms with Gasteiger partial charge in [-0.15, -0.1) is 0 Å². The van der Waals surface area contributed by atoms with Gasteiger partial charge in [0.15, 0.2) is 0 Å². The lowest BCUT2D eigenvalue weighted by molar-refractivity contribution is 0.0712. The molecule has 0 spiro atoms. The van der Waals surface area contributed by atoms with E-state index in [4.69, 9.17) is 9.16 Å². The van der Waals surface area contributed by atoms with Gasteiger partial charge in [0.2, 0.25) is 0 Å². The normalized spacial score (nSPS) is 13.0. The van der Waals surface area contributed by atoms with Gasteiger partial charge in [-0.2, -0.15) is 0 Å². The number of ether oxygens (including phenoxy) is 1. The van der Waals surface area contributed by atoms with Crippen LogP contribution in [0.5, 0.6) is 5.75 Å². The second-order valence-electron chi connectivity index (χ2n) is 7.89. The maximum Gasteiger partial charge on any atom is 0.324 e. The van der Waals surface area contributed by atoms with Crippen LogP contribution in [-0.2, 0) is 4.43 Å². The number of rotatable bonds is 3. The van der Waals surface area contributed by atoms with Crippen molar-refractivity contribution >= 4 is 14.3 Å². The molecule has 21 heavy (non-hydrogen) atoms. The third kappa shape index (κ3) is 5.19. The van der Waals surface area contributed by atoms with E-state index in [9.17, 15) is 4.79 Å². The van der Waals surface area contributed by atoms with Crippen LogP contribution in [-0.4, -0.2) is 19.9 Å². The zero-order valence-corrected chi connectivity index (χ0v) is 15.5. The smallest absolute Gasteiger partial charge is 0.324 e. The molecule has 3 nitrogen and oxygen atoms in total. The molecular weight excluding hydrogens is 280 g/mol. The number of hydrogen-bond acceptors (Lipinski definition) is 3. The van der Waals surface area contributed by atoms with Crippen molar-refractivity contribution in [3.05, 3.63) is 29.8 Å². The predicted molar refractivity (Wildman–Crippen MR) is 89.4 cm³/mol. The Labute approximate surface area is 129 Å². The summed E-state index contributed by atoms with van der Waals surface area (Å²) in [5.41, 5.74) is 0.324. The molecule has 4 heteroatoms. The predicted octanol–water partition coefficient (Wildman–Crippen LogP) is 5.03. The fraction of sp³-hybridized carbons (Fsp3) is 0.588. The molecule has 1 rings (SSSR count). The van der Waals surface area contributed by atoms with E-state index in [1.807, 2.05) is 32.9 Å². The van der Waals surface area contributed by atoms with Gasteiger partial charge in [-0.1, -0.05) is 20.8 Å². The van der Waals surface area contributed by atoms with E-state index in [-0.39, 0.29) is 16.6 Å². The molecule has 0 atom stereocenters. The highest BCUT2D eigenvalue weighted by Gasteiger charge is 2.40. The van der Waals surface area contributed by atoms with E-state index in [1.165, 1.54) is 0 Å². The minimum absolute atomic E-state index is 0.0119. The Morgan fingerprint density at radius 3 is 1.81 bits per heavy atom. The summed E-state index contributed by atoms with van der Waals surface area (Å²) in [6.07, 6.45) is 0. The van der Waals surface area contributed by atoms with Crippen LogP contribution in [0, 0.1) is 0 Å². The van der Waals surface area contributed by atoms with Crippen LogP contribution in [0.3, 0.4) is 0 Å². The van der Waals surface area contributed by atoms with Crippen LogP contribution in [0.1, 0.15) is 51.9 Å². The van der Waals surface area contributed by atoms with Crippen molar-refractivity contribution in [2.24, 2.45) is 0 Å². The Bertz CT molecular complexity index is 490. The average Bonchev–Trinajstić information content (AvgIpc) is 2.25. The quantitative estimate of drug-likeness (QED) is 0.735. The highest BCUT2D eigenvalue weighted by atomic mass is 28.4. The molecule has 0 fully saturated rings. The molecular formula is C17H28O3Si. The Kier molecular flexibility index (Phi) is 4.93. The highest BCUT2D eigenvalue weighted by molar-refractivity contribution is 6.75. The van der Waals surface area contributed by atoms with Crippen molar-refractivity contribution in [3.8, 4) is 5.75 Å². The monoisotopic (exact) mass is 308 g/mol. The molecule has 0 aliphatic rings. The summed E-state index contributed by atoms with van der Waals surface area (Å²) in [6, 6.07) is 7.15. The van der Waals surface area contributed by atoms with E-state index >= 15 is 0 Å². The van der Waals surface area contributed by atoms with Gasteiger partial charge >= 0.3 is 5.97 Å². The molecule has 118 valence electrons. The zero-order valence-electron chi connectivity index (χ0n) is 14.5. The largest absolute Gasteiger partial charge is 0.516 e. The Balaban J connectivity index is 2.81. The number of benzene rings is 1. The first-order valence-electron chi connectivity index (χ1n) is 7.34. The summed E-state index contributed by atoms with van der Waals surface area (Å²) < 4.78 is 11.5. The Morgan fingerprint density at radius 2 is 1.43 bits per heavy atom. The minimum Gasteiger partial charge on any atom is -0.516 e. The van der Waals surface area contributed by atoms with Gasteiger partial charge in [0.25, 0.3) is 8.32 Å². The van der Waals surface area contributed by atoms with Crippen LogP contribution >= 0.6 is 0 Å². The maximum atomic E-state index is 12.3. The molecule has 1 aromatic rings. The summed E-state index contributed by atoms with van der Waals surface area (Å²) >= 11 is 0. The van der Waals surface area contributed by atoms with Gasteiger partial charge in [0.05, 0.1) is 5.56 Å². The molecule has 0 saturated carbocycles. The molecule has 0 aromatic heterocycles. The van der Waals surface area contributed by atoms with E-state index in [0.29, 0.717) is 5.56 Å². The molecule has 0 saturated heterocycles. The van der Waals surface area contributed by atoms with Crippen molar-refractivity contribution in [1.29, 1.82) is 0 Å². The summed E-state index contributed by atoms with van der Waals surface area (Å²) in [7, 11) is -2.08. The van der Waals surface area contributed by atoms with Gasteiger partial charge in [-0.3, -0.25) is 0 Å². The van der Waals surface area contributed by atoms with Crippen LogP contribution in [0.15, 0.2) is 24.3 Å². The molecule has 0 amide bonds. The number of carbonyl (C=O) groups excluding carboxylic acids is 1. The molecule has 0 unspecified atom stereocenters. The fourth-order valence-electron chi connectivity index (χ4n) is 1.46. The SMILES string of the molecule is CC(C)(C)Oc1ccc(C(=O)O[Si](C)(C)C(C)(C)C)cc1. The van der Waals surface area contributed by atoms with Gasteiger partial charge in [0, 0.05) is 0 Å². The minimum atomic E-state index is -2.08. The van der Waals surface area contributed by atoms with Crippen LogP contribution < -0.4 is 4.74 Å². The second-order valence-corrected chi connectivity index (χ2v) is 12.6. The van der Waals surface area contributed by atoms with Crippen molar-refractivity contribution < 1.29 is 14.0 Å². The lowest BCUT2D eigenvalue weighted by Gasteiger charge is -2.35. The molecule has 0 aliphatic carbocycles. The van der Waals surface area contributed by atoms with E-state index < -0.39 is 8.32 Å². The molecule has 0 bridgehead atoms. The summed E-state index contributed by atoms with van der Waals surface area (Å²) in [5.74, 6) is 0.510. The second kappa shape index (κ2) is 5.83. The highest BCUT2D eigenvalue weighted by Crippen LogP contribution is 2.37. The van der Waals surface area contributed by atoms with Crippen molar-refractivity contribution in [1.82, 2.24) is 0 Å². The van der Waals surface area contributed by atoms with E-state index in [0.717, 1.165) is 5.75 Å². The first-order valence-corrected chi connectivity index (χ1v) is 10.3. The van der Waals surface area contributed by atoms with Crippen LogP contribution in [0.2, 0.25) is 18.1 Å². The fourth-order valence-corrected chi connectivity index (χ4v) is 2.34. The first-order chi connectivity index (χ1) is 9.32. The van der Waals surface area contributed by atoms with Gasteiger partial charge in [-0.25, -0.2) is 4.79 Å². The van der Waals surface area contributed by atoms with Gasteiger partial charge in [0.1, 0.15) is 11.4 Å². The Morgan fingerprint density at radius 1 is 0.952 bits per heavy atom. The van der Waals surface area contributed by atoms with Crippen LogP contribution in [0.4, 0.5) is 0 Å². The van der Waals surface area contributed by atoms with Gasteiger partial charge in [-0.05, 0) is 63.2 Å². The van der Waals surface area contributed by atoms with Crippen molar-refractivity contribution in [3.63, 3.8) is 0 Å². The lowest BCUT2D eigenvalue weighted by Crippen LogP contribution is -2.42. The molecule has 1 aromatic carbocycles. The molecule has 0 aliphatic heterocycles. The van der Waals surface area contributed by atoms with Gasteiger partial charge < -0.3 is 9.16 Å². The summed E-state index contributed by atoms with van der Waals surface area (Å²) in [4.78, 5) is 12.3. The standard InChI is InChI=1S/C17H28O3Si/c1-16(2,3)19-14-11-9-13(10-12-14)15(18)20-21(7,8)17(4,5)6/h9-12H,1-8H3. The third-order valence-electron chi connectivity index (χ3n) is 3.67. The van der Waals surface area contributed by atoms with Crippen molar-refractivity contribution in [2.75, 3.05) is 0 Å². The summed E-state index contributed by atoms with van der Waals surface area (Å²) in [6.45, 7) is 16.5. The molecule has 0 radical (unpaired) electrons. The number of carbonyl (C=O) groups is 1. The maximum absolute atomic E-state index is 12.3. The first kappa shape index (κ1) is 17.8. The molecule has 0 N–H and O–H groups in total. The lowest BCUT2D eigenvalue weighted by atomic mass is 10.2. The zero-order chi connectivity index (χ0) is 16.5. The average molecular weight is 308 g/mol. The third-order valence-corrected chi connectivity index (χ3v) is 7.98. The molecule has 0 heterocycles. The van der Waals surface area contributed by atoms with E-state index in [1.54, 1.807) is 12.1 Å².